The van der Waals surface area contributed by atoms with Crippen LogP contribution in [0.5, 0.6) is 0 Å². The number of rotatable bonds is 3. The lowest BCUT2D eigenvalue weighted by Gasteiger charge is -2.13. The van der Waals surface area contributed by atoms with Crippen LogP contribution in [0.3, 0.4) is 0 Å². The van der Waals surface area contributed by atoms with E-state index >= 15 is 0 Å². The second-order valence-corrected chi connectivity index (χ2v) is 2.72. The van der Waals surface area contributed by atoms with Crippen LogP contribution in [0.15, 0.2) is 0 Å². The van der Waals surface area contributed by atoms with Crippen molar-refractivity contribution in [3.8, 4) is 0 Å². The van der Waals surface area contributed by atoms with Crippen molar-refractivity contribution in [2.75, 3.05) is 0 Å². The molecule has 0 aliphatic carbocycles. The summed E-state index contributed by atoms with van der Waals surface area (Å²) in [6.45, 7) is 1.79. The predicted octanol–water partition coefficient (Wildman–Crippen LogP) is -2.94. The van der Waals surface area contributed by atoms with Crippen LogP contribution in [0.2, 0.25) is 0 Å². The Hall–Kier alpha value is -1.84. The molecule has 0 rings (SSSR count). The molecule has 0 saturated heterocycles. The molecule has 2 unspecified atom stereocenters. The number of hydrogen-bond acceptors (Lipinski definition) is 8. The molecule has 0 aromatic rings. The van der Waals surface area contributed by atoms with Gasteiger partial charge in [-0.25, -0.2) is 9.59 Å². The summed E-state index contributed by atoms with van der Waals surface area (Å²) in [6.07, 6.45) is -4.59. The van der Waals surface area contributed by atoms with Crippen molar-refractivity contribution in [2.45, 2.75) is 26.1 Å². The number of aliphatic hydroxyl groups excluding tert-OH is 2. The summed E-state index contributed by atoms with van der Waals surface area (Å²) in [6, 6.07) is 0. The molecule has 98 valence electrons. The van der Waals surface area contributed by atoms with Crippen LogP contribution >= 0.6 is 0 Å². The minimum atomic E-state index is -2.30. The summed E-state index contributed by atoms with van der Waals surface area (Å²) in [5.74, 6) is -5.06. The van der Waals surface area contributed by atoms with Crippen molar-refractivity contribution in [1.82, 2.24) is 0 Å². The second-order valence-electron chi connectivity index (χ2n) is 2.72. The van der Waals surface area contributed by atoms with Gasteiger partial charge in [0.25, 0.3) is 0 Å². The molecule has 0 aliphatic heterocycles. The Balaban J connectivity index is 0. The Morgan fingerprint density at radius 1 is 0.824 bits per heavy atom. The first-order valence-corrected chi connectivity index (χ1v) is 4.06. The van der Waals surface area contributed by atoms with Crippen molar-refractivity contribution in [3.05, 3.63) is 0 Å². The van der Waals surface area contributed by atoms with E-state index in [1.165, 1.54) is 0 Å². The van der Waals surface area contributed by atoms with Crippen LogP contribution < -0.4 is 0 Å². The zero-order chi connectivity index (χ0) is 12.9. The van der Waals surface area contributed by atoms with E-state index in [1.54, 1.807) is 0 Å². The van der Waals surface area contributed by atoms with Gasteiger partial charge in [0.05, 0.1) is 0 Å². The molecule has 0 spiro atoms. The van der Waals surface area contributed by atoms with Gasteiger partial charge in [-0.2, -0.15) is 0 Å². The van der Waals surface area contributed by atoms with Crippen LogP contribution in [0.25, 0.3) is 0 Å². The molecule has 9 nitrogen and oxygen atoms in total. The lowest BCUT2D eigenvalue weighted by atomic mass is 10.2. The van der Waals surface area contributed by atoms with Crippen molar-refractivity contribution < 1.29 is 44.3 Å². The number of aliphatic hydroxyl groups is 2. The third kappa shape index (κ3) is 6.35. The van der Waals surface area contributed by atoms with Crippen LogP contribution in [0.1, 0.15) is 13.8 Å². The molecule has 0 saturated carbocycles. The molecule has 4 N–H and O–H groups in total. The highest BCUT2D eigenvalue weighted by Gasteiger charge is 2.34. The highest BCUT2D eigenvalue weighted by molar-refractivity contribution is 5.93. The first kappa shape index (κ1) is 17.6. The molecule has 0 fully saturated rings. The minimum Gasteiger partial charge on any atom is -0.412 e. The van der Waals surface area contributed by atoms with Gasteiger partial charge in [-0.15, -0.1) is 0 Å². The molecular weight excluding hydrogens is 240 g/mol. The van der Waals surface area contributed by atoms with Gasteiger partial charge in [0.2, 0.25) is 0 Å². The first-order valence-electron chi connectivity index (χ1n) is 4.06. The monoisotopic (exact) mass is 252 g/mol. The largest absolute Gasteiger partial charge is 0.412 e. The molecule has 0 aromatic carbocycles. The van der Waals surface area contributed by atoms with E-state index in [0.29, 0.717) is 0 Å². The van der Waals surface area contributed by atoms with Crippen molar-refractivity contribution in [1.29, 1.82) is 0 Å². The summed E-state index contributed by atoms with van der Waals surface area (Å²) >= 11 is 0. The van der Waals surface area contributed by atoms with Gasteiger partial charge in [0.15, 0.2) is 12.2 Å². The highest BCUT2D eigenvalue weighted by Crippen LogP contribution is 2.00. The van der Waals surface area contributed by atoms with Gasteiger partial charge in [0.1, 0.15) is 0 Å². The number of hydrogen-bond donors (Lipinski definition) is 2. The molecular formula is C8H12O9. The maximum Gasteiger partial charge on any atom is 0.345 e. The summed E-state index contributed by atoms with van der Waals surface area (Å²) in [7, 11) is 0. The van der Waals surface area contributed by atoms with E-state index in [-0.39, 0.29) is 5.48 Å². The van der Waals surface area contributed by atoms with Crippen molar-refractivity contribution >= 4 is 23.9 Å². The fraction of sp³-hybridized carbons (Fsp3) is 0.500. The van der Waals surface area contributed by atoms with Gasteiger partial charge < -0.3 is 25.2 Å². The van der Waals surface area contributed by atoms with Crippen LogP contribution in [-0.2, 0) is 28.7 Å². The maximum atomic E-state index is 10.8. The molecule has 0 heterocycles. The topological polar surface area (TPSA) is 159 Å². The van der Waals surface area contributed by atoms with Crippen LogP contribution in [0.4, 0.5) is 0 Å². The quantitative estimate of drug-likeness (QED) is 0.398. The van der Waals surface area contributed by atoms with Crippen LogP contribution in [0, 0.1) is 0 Å². The van der Waals surface area contributed by atoms with Gasteiger partial charge in [0, 0.05) is 13.8 Å². The molecule has 0 aliphatic rings. The van der Waals surface area contributed by atoms with Crippen molar-refractivity contribution in [2.24, 2.45) is 0 Å². The lowest BCUT2D eigenvalue weighted by molar-refractivity contribution is -0.179. The Labute approximate surface area is 95.2 Å². The fourth-order valence-electron chi connectivity index (χ4n) is 0.662. The molecule has 0 aromatic heterocycles. The molecule has 0 radical (unpaired) electrons. The van der Waals surface area contributed by atoms with Gasteiger partial charge in [-0.05, 0) is 0 Å². The Morgan fingerprint density at radius 3 is 1.24 bits per heavy atom. The van der Waals surface area contributed by atoms with E-state index in [9.17, 15) is 19.2 Å². The normalized spacial score (nSPS) is 12.7. The molecule has 0 amide bonds. The zero-order valence-corrected chi connectivity index (χ0v) is 9.00. The Kier molecular flexibility index (Phi) is 7.68. The SMILES string of the molecule is CC(=O)OC(=O)C(O)C(O)C(=O)OC(C)=O.O. The van der Waals surface area contributed by atoms with Crippen molar-refractivity contribution in [3.63, 3.8) is 0 Å². The number of esters is 4. The molecule has 17 heavy (non-hydrogen) atoms. The van der Waals surface area contributed by atoms with E-state index in [2.05, 4.69) is 9.47 Å². The molecule has 0 bridgehead atoms. The molecule has 2 atom stereocenters. The van der Waals surface area contributed by atoms with E-state index < -0.39 is 36.1 Å². The first-order chi connectivity index (χ1) is 7.25. The minimum absolute atomic E-state index is 0. The second kappa shape index (κ2) is 7.44. The average molecular weight is 252 g/mol. The Morgan fingerprint density at radius 2 is 1.06 bits per heavy atom. The Bertz CT molecular complexity index is 289. The molecule has 9 heteroatoms. The zero-order valence-electron chi connectivity index (χ0n) is 9.00. The summed E-state index contributed by atoms with van der Waals surface area (Å²) in [5, 5.41) is 18.1. The number of ether oxygens (including phenoxy) is 2. The third-order valence-corrected chi connectivity index (χ3v) is 1.27. The van der Waals surface area contributed by atoms with Gasteiger partial charge in [-0.1, -0.05) is 0 Å². The number of carbonyl (C=O) groups is 4. The van der Waals surface area contributed by atoms with Gasteiger partial charge in [-0.3, -0.25) is 9.59 Å². The highest BCUT2D eigenvalue weighted by atomic mass is 16.6. The fourth-order valence-corrected chi connectivity index (χ4v) is 0.662. The maximum absolute atomic E-state index is 10.8. The smallest absolute Gasteiger partial charge is 0.345 e. The van der Waals surface area contributed by atoms with E-state index in [1.807, 2.05) is 0 Å². The standard InChI is InChI=1S/C8H10O8.H2O/c1-3(9)15-7(13)5(11)6(12)8(14)16-4(2)10;/h5-6,11-12H,1-2H3;1H2. The average Bonchev–Trinajstić information content (AvgIpc) is 2.13. The summed E-state index contributed by atoms with van der Waals surface area (Å²) in [4.78, 5) is 42.3. The van der Waals surface area contributed by atoms with Crippen LogP contribution in [-0.4, -0.2) is 51.8 Å². The van der Waals surface area contributed by atoms with E-state index in [4.69, 9.17) is 10.2 Å². The van der Waals surface area contributed by atoms with E-state index in [0.717, 1.165) is 13.8 Å². The third-order valence-electron chi connectivity index (χ3n) is 1.27. The predicted molar refractivity (Wildman–Crippen MR) is 49.2 cm³/mol. The van der Waals surface area contributed by atoms with Gasteiger partial charge >= 0.3 is 23.9 Å². The summed E-state index contributed by atoms with van der Waals surface area (Å²) in [5.41, 5.74) is 0. The summed E-state index contributed by atoms with van der Waals surface area (Å²) < 4.78 is 7.82. The number of carbonyl (C=O) groups excluding carboxylic acids is 4. The lowest BCUT2D eigenvalue weighted by Crippen LogP contribution is -2.42.